The average molecular weight is 271 g/mol. The largest absolute Gasteiger partial charge is 0.349 e. The number of amides is 1. The molecule has 1 fully saturated rings. The number of hydrogen-bond acceptors (Lipinski definition) is 2. The van der Waals surface area contributed by atoms with Crippen LogP contribution in [0.2, 0.25) is 5.15 Å². The Labute approximate surface area is 111 Å². The zero-order valence-electron chi connectivity index (χ0n) is 10.5. The lowest BCUT2D eigenvalue weighted by atomic mass is 9.87. The maximum atomic E-state index is 13.1. The first-order valence-electron chi connectivity index (χ1n) is 6.02. The van der Waals surface area contributed by atoms with E-state index in [0.29, 0.717) is 0 Å². The molecule has 98 valence electrons. The van der Waals surface area contributed by atoms with Gasteiger partial charge in [-0.3, -0.25) is 4.79 Å². The Morgan fingerprint density at radius 3 is 2.94 bits per heavy atom. The second-order valence-corrected chi connectivity index (χ2v) is 5.76. The van der Waals surface area contributed by atoms with Crippen molar-refractivity contribution >= 4 is 17.5 Å². The molecule has 1 unspecified atom stereocenters. The molecule has 1 atom stereocenters. The molecular weight excluding hydrogens is 255 g/mol. The third-order valence-corrected chi connectivity index (χ3v) is 3.91. The first-order chi connectivity index (χ1) is 8.40. The lowest BCUT2D eigenvalue weighted by Crippen LogP contribution is -2.41. The summed E-state index contributed by atoms with van der Waals surface area (Å²) in [5, 5.41) is 2.96. The van der Waals surface area contributed by atoms with E-state index >= 15 is 0 Å². The van der Waals surface area contributed by atoms with E-state index in [1.807, 2.05) is 0 Å². The van der Waals surface area contributed by atoms with Crippen molar-refractivity contribution in [3.8, 4) is 0 Å². The van der Waals surface area contributed by atoms with Crippen molar-refractivity contribution in [3.63, 3.8) is 0 Å². The van der Waals surface area contributed by atoms with Gasteiger partial charge in [0.25, 0.3) is 5.91 Å². The Hall–Kier alpha value is -1.16. The van der Waals surface area contributed by atoms with E-state index < -0.39 is 5.82 Å². The number of nitrogens with one attached hydrogen (secondary N) is 1. The Bertz CT molecular complexity index is 476. The van der Waals surface area contributed by atoms with E-state index in [-0.39, 0.29) is 28.1 Å². The molecule has 0 aliphatic heterocycles. The summed E-state index contributed by atoms with van der Waals surface area (Å²) in [6, 6.07) is 1.22. The third-order valence-electron chi connectivity index (χ3n) is 3.61. The van der Waals surface area contributed by atoms with Crippen molar-refractivity contribution in [2.24, 2.45) is 5.41 Å². The van der Waals surface area contributed by atoms with Gasteiger partial charge < -0.3 is 5.32 Å². The monoisotopic (exact) mass is 270 g/mol. The molecule has 1 heterocycles. The molecule has 1 saturated carbocycles. The molecule has 5 heteroatoms. The highest BCUT2D eigenvalue weighted by Gasteiger charge is 2.35. The minimum Gasteiger partial charge on any atom is -0.349 e. The van der Waals surface area contributed by atoms with E-state index in [0.717, 1.165) is 31.5 Å². The molecule has 1 aliphatic rings. The van der Waals surface area contributed by atoms with Gasteiger partial charge in [-0.2, -0.15) is 0 Å². The first kappa shape index (κ1) is 13.3. The molecule has 18 heavy (non-hydrogen) atoms. The molecule has 1 aliphatic carbocycles. The fourth-order valence-electron chi connectivity index (χ4n) is 2.41. The van der Waals surface area contributed by atoms with Crippen LogP contribution in [0.4, 0.5) is 4.39 Å². The summed E-state index contributed by atoms with van der Waals surface area (Å²) < 4.78 is 13.1. The van der Waals surface area contributed by atoms with Crippen molar-refractivity contribution in [2.45, 2.75) is 39.2 Å². The molecule has 0 radical (unpaired) electrons. The number of halogens is 2. The summed E-state index contributed by atoms with van der Waals surface area (Å²) in [4.78, 5) is 15.7. The number of nitrogens with zero attached hydrogens (tertiary/aromatic N) is 1. The van der Waals surface area contributed by atoms with Crippen LogP contribution in [-0.4, -0.2) is 16.9 Å². The Morgan fingerprint density at radius 2 is 2.33 bits per heavy atom. The topological polar surface area (TPSA) is 42.0 Å². The SMILES string of the molecule is CC1(C)CCCC1NC(=O)c1cc(F)cnc1Cl. The zero-order chi connectivity index (χ0) is 13.3. The van der Waals surface area contributed by atoms with Gasteiger partial charge in [0.05, 0.1) is 11.8 Å². The van der Waals surface area contributed by atoms with Gasteiger partial charge in [-0.15, -0.1) is 0 Å². The van der Waals surface area contributed by atoms with E-state index in [4.69, 9.17) is 11.6 Å². The van der Waals surface area contributed by atoms with Gasteiger partial charge >= 0.3 is 0 Å². The first-order valence-corrected chi connectivity index (χ1v) is 6.40. The minimum absolute atomic E-state index is 0.0321. The van der Waals surface area contributed by atoms with Crippen LogP contribution in [0, 0.1) is 11.2 Å². The number of aromatic nitrogens is 1. The van der Waals surface area contributed by atoms with Gasteiger partial charge in [0.1, 0.15) is 11.0 Å². The number of carbonyl (C=O) groups is 1. The lowest BCUT2D eigenvalue weighted by molar-refractivity contribution is 0.0909. The second-order valence-electron chi connectivity index (χ2n) is 5.40. The van der Waals surface area contributed by atoms with Crippen LogP contribution in [0.3, 0.4) is 0 Å². The molecular formula is C13H16ClFN2O. The molecule has 0 saturated heterocycles. The van der Waals surface area contributed by atoms with Crippen molar-refractivity contribution in [1.82, 2.24) is 10.3 Å². The van der Waals surface area contributed by atoms with Crippen LogP contribution in [0.15, 0.2) is 12.3 Å². The van der Waals surface area contributed by atoms with Gasteiger partial charge in [0, 0.05) is 6.04 Å². The van der Waals surface area contributed by atoms with Crippen LogP contribution in [-0.2, 0) is 0 Å². The maximum Gasteiger partial charge on any atom is 0.254 e. The predicted octanol–water partition coefficient (Wildman–Crippen LogP) is 3.18. The van der Waals surface area contributed by atoms with Crippen LogP contribution in [0.25, 0.3) is 0 Å². The van der Waals surface area contributed by atoms with E-state index in [1.165, 1.54) is 0 Å². The van der Waals surface area contributed by atoms with Crippen molar-refractivity contribution < 1.29 is 9.18 Å². The van der Waals surface area contributed by atoms with Gasteiger partial charge in [-0.05, 0) is 24.3 Å². The van der Waals surface area contributed by atoms with E-state index in [9.17, 15) is 9.18 Å². The molecule has 0 bridgehead atoms. The summed E-state index contributed by atoms with van der Waals surface area (Å²) in [7, 11) is 0. The second kappa shape index (κ2) is 4.84. The zero-order valence-corrected chi connectivity index (χ0v) is 11.2. The minimum atomic E-state index is -0.560. The summed E-state index contributed by atoms with van der Waals surface area (Å²) in [6.07, 6.45) is 4.11. The van der Waals surface area contributed by atoms with E-state index in [1.54, 1.807) is 0 Å². The summed E-state index contributed by atoms with van der Waals surface area (Å²) in [5.74, 6) is -0.915. The molecule has 3 nitrogen and oxygen atoms in total. The standard InChI is InChI=1S/C13H16ClFN2O/c1-13(2)5-3-4-10(13)17-12(18)9-6-8(15)7-16-11(9)14/h6-7,10H,3-5H2,1-2H3,(H,17,18). The van der Waals surface area contributed by atoms with Crippen LogP contribution in [0.5, 0.6) is 0 Å². The Morgan fingerprint density at radius 1 is 1.61 bits per heavy atom. The normalized spacial score (nSPS) is 21.9. The highest BCUT2D eigenvalue weighted by Crippen LogP contribution is 2.37. The third kappa shape index (κ3) is 2.64. The molecule has 1 aromatic rings. The number of hydrogen-bond donors (Lipinski definition) is 1. The van der Waals surface area contributed by atoms with Crippen molar-refractivity contribution in [1.29, 1.82) is 0 Å². The van der Waals surface area contributed by atoms with Gasteiger partial charge in [-0.1, -0.05) is 31.9 Å². The smallest absolute Gasteiger partial charge is 0.254 e. The maximum absolute atomic E-state index is 13.1. The van der Waals surface area contributed by atoms with Gasteiger partial charge in [0.2, 0.25) is 0 Å². The van der Waals surface area contributed by atoms with Crippen LogP contribution in [0.1, 0.15) is 43.5 Å². The van der Waals surface area contributed by atoms with E-state index in [2.05, 4.69) is 24.1 Å². The fraction of sp³-hybridized carbons (Fsp3) is 0.538. The average Bonchev–Trinajstić information content (AvgIpc) is 2.62. The van der Waals surface area contributed by atoms with Gasteiger partial charge in [-0.25, -0.2) is 9.37 Å². The Kier molecular flexibility index (Phi) is 3.57. The molecule has 1 aromatic heterocycles. The number of carbonyl (C=O) groups excluding carboxylic acids is 1. The molecule has 0 spiro atoms. The van der Waals surface area contributed by atoms with Gasteiger partial charge in [0.15, 0.2) is 0 Å². The summed E-state index contributed by atoms with van der Waals surface area (Å²) >= 11 is 5.81. The number of rotatable bonds is 2. The highest BCUT2D eigenvalue weighted by molar-refractivity contribution is 6.32. The Balaban J connectivity index is 2.15. The van der Waals surface area contributed by atoms with Crippen molar-refractivity contribution in [3.05, 3.63) is 28.8 Å². The summed E-state index contributed by atoms with van der Waals surface area (Å²) in [6.45, 7) is 4.24. The molecule has 2 rings (SSSR count). The number of pyridine rings is 1. The van der Waals surface area contributed by atoms with Crippen LogP contribution >= 0.6 is 11.6 Å². The summed E-state index contributed by atoms with van der Waals surface area (Å²) in [5.41, 5.74) is 0.169. The predicted molar refractivity (Wildman–Crippen MR) is 68.1 cm³/mol. The van der Waals surface area contributed by atoms with Crippen LogP contribution < -0.4 is 5.32 Å². The molecule has 1 amide bonds. The fourth-order valence-corrected chi connectivity index (χ4v) is 2.60. The highest BCUT2D eigenvalue weighted by atomic mass is 35.5. The molecule has 1 N–H and O–H groups in total. The molecule has 0 aromatic carbocycles. The lowest BCUT2D eigenvalue weighted by Gasteiger charge is -2.27. The van der Waals surface area contributed by atoms with Crippen molar-refractivity contribution in [2.75, 3.05) is 0 Å². The quantitative estimate of drug-likeness (QED) is 0.839.